The van der Waals surface area contributed by atoms with Gasteiger partial charge in [-0.25, -0.2) is 0 Å². The van der Waals surface area contributed by atoms with Gasteiger partial charge < -0.3 is 14.2 Å². The van der Waals surface area contributed by atoms with Crippen LogP contribution < -0.4 is 14.2 Å². The number of ether oxygens (including phenoxy) is 3. The Morgan fingerprint density at radius 2 is 1.35 bits per heavy atom. The van der Waals surface area contributed by atoms with Crippen molar-refractivity contribution in [2.45, 2.75) is 13.8 Å². The van der Waals surface area contributed by atoms with Gasteiger partial charge in [0.1, 0.15) is 11.3 Å². The fourth-order valence-electron chi connectivity index (χ4n) is 2.70. The highest BCUT2D eigenvalue weighted by Crippen LogP contribution is 2.36. The Hall–Kier alpha value is -2.61. The predicted octanol–water partition coefficient (Wildman–Crippen LogP) is 2.09. The van der Waals surface area contributed by atoms with Crippen molar-refractivity contribution in [3.8, 4) is 17.2 Å². The Morgan fingerprint density at radius 3 is 1.77 bits per heavy atom. The molecule has 1 aliphatic heterocycles. The van der Waals surface area contributed by atoms with Gasteiger partial charge in [-0.15, -0.1) is 0 Å². The van der Waals surface area contributed by atoms with Crippen molar-refractivity contribution >= 4 is 35.2 Å². The van der Waals surface area contributed by atoms with Gasteiger partial charge in [0.05, 0.1) is 21.3 Å². The summed E-state index contributed by atoms with van der Waals surface area (Å²) in [4.78, 5) is 28.3. The topological polar surface area (TPSA) is 68.3 Å². The average Bonchev–Trinajstić information content (AvgIpc) is 2.65. The normalized spacial score (nSPS) is 14.7. The van der Waals surface area contributed by atoms with E-state index < -0.39 is 11.8 Å². The van der Waals surface area contributed by atoms with Crippen molar-refractivity contribution in [1.82, 2.24) is 9.80 Å². The lowest BCUT2D eigenvalue weighted by atomic mass is 10.0. The van der Waals surface area contributed by atoms with E-state index in [2.05, 4.69) is 0 Å². The summed E-state index contributed by atoms with van der Waals surface area (Å²) in [5.74, 6) is 0.550. The number of rotatable bonds is 6. The fourth-order valence-corrected chi connectivity index (χ4v) is 3.13. The van der Waals surface area contributed by atoms with Gasteiger partial charge in [0.25, 0.3) is 11.8 Å². The van der Waals surface area contributed by atoms with Crippen LogP contribution in [0.15, 0.2) is 17.7 Å². The van der Waals surface area contributed by atoms with E-state index in [1.54, 1.807) is 12.1 Å². The molecular formula is C18H22N2O5S. The lowest BCUT2D eigenvalue weighted by molar-refractivity contribution is -0.133. The molecule has 0 atom stereocenters. The van der Waals surface area contributed by atoms with Gasteiger partial charge in [-0.05, 0) is 38.2 Å². The Labute approximate surface area is 158 Å². The molecule has 140 valence electrons. The molecule has 1 fully saturated rings. The van der Waals surface area contributed by atoms with Crippen molar-refractivity contribution in [1.29, 1.82) is 0 Å². The van der Waals surface area contributed by atoms with Gasteiger partial charge in [0.2, 0.25) is 0 Å². The average molecular weight is 378 g/mol. The first-order valence-corrected chi connectivity index (χ1v) is 8.53. The predicted molar refractivity (Wildman–Crippen MR) is 101 cm³/mol. The number of hydrogen-bond acceptors (Lipinski definition) is 6. The fraction of sp³-hybridized carbons (Fsp3) is 0.389. The monoisotopic (exact) mass is 378 g/mol. The molecule has 2 rings (SSSR count). The first kappa shape index (κ1) is 19.7. The van der Waals surface area contributed by atoms with Crippen LogP contribution in [-0.4, -0.2) is 61.1 Å². The van der Waals surface area contributed by atoms with E-state index in [0.29, 0.717) is 35.9 Å². The van der Waals surface area contributed by atoms with Gasteiger partial charge in [0, 0.05) is 24.7 Å². The van der Waals surface area contributed by atoms with E-state index in [-0.39, 0.29) is 10.7 Å². The summed E-state index contributed by atoms with van der Waals surface area (Å²) < 4.78 is 15.9. The highest BCUT2D eigenvalue weighted by molar-refractivity contribution is 7.80. The second kappa shape index (κ2) is 8.18. The summed E-state index contributed by atoms with van der Waals surface area (Å²) in [5, 5.41) is 0.224. The van der Waals surface area contributed by atoms with Gasteiger partial charge >= 0.3 is 0 Å². The molecule has 0 spiro atoms. The Balaban J connectivity index is 2.61. The lowest BCUT2D eigenvalue weighted by Gasteiger charge is -2.35. The van der Waals surface area contributed by atoms with Crippen LogP contribution >= 0.6 is 12.2 Å². The molecule has 0 radical (unpaired) electrons. The molecule has 0 unspecified atom stereocenters. The third-order valence-electron chi connectivity index (χ3n) is 4.08. The number of amides is 2. The Kier molecular flexibility index (Phi) is 6.20. The number of benzene rings is 1. The number of methoxy groups -OCH3 is 3. The number of carbonyl (C=O) groups excluding carboxylic acids is 2. The SMILES string of the molecule is CCN1C(=O)C(=Cc2cc(OC)c(OC)cc2OC)C(=O)N(CC)C1=S. The van der Waals surface area contributed by atoms with Crippen LogP contribution in [0.1, 0.15) is 19.4 Å². The molecule has 7 nitrogen and oxygen atoms in total. The summed E-state index contributed by atoms with van der Waals surface area (Å²) in [7, 11) is 4.52. The molecule has 1 saturated heterocycles. The van der Waals surface area contributed by atoms with Crippen molar-refractivity contribution in [2.24, 2.45) is 0 Å². The minimum Gasteiger partial charge on any atom is -0.496 e. The number of carbonyl (C=O) groups is 2. The molecule has 0 N–H and O–H groups in total. The van der Waals surface area contributed by atoms with Gasteiger partial charge in [-0.1, -0.05) is 0 Å². The summed E-state index contributed by atoms with van der Waals surface area (Å²) in [6, 6.07) is 3.30. The number of thiocarbonyl (C=S) groups is 1. The van der Waals surface area contributed by atoms with E-state index in [1.807, 2.05) is 13.8 Å². The highest BCUT2D eigenvalue weighted by Gasteiger charge is 2.38. The molecule has 0 aliphatic carbocycles. The summed E-state index contributed by atoms with van der Waals surface area (Å²) in [5.41, 5.74) is 0.551. The molecule has 1 heterocycles. The molecule has 1 aliphatic rings. The zero-order valence-corrected chi connectivity index (χ0v) is 16.3. The van der Waals surface area contributed by atoms with Crippen LogP contribution in [0.4, 0.5) is 0 Å². The van der Waals surface area contributed by atoms with E-state index >= 15 is 0 Å². The summed E-state index contributed by atoms with van der Waals surface area (Å²) >= 11 is 5.26. The Morgan fingerprint density at radius 1 is 0.885 bits per heavy atom. The zero-order chi connectivity index (χ0) is 19.4. The van der Waals surface area contributed by atoms with Crippen LogP contribution in [0.25, 0.3) is 6.08 Å². The molecule has 26 heavy (non-hydrogen) atoms. The van der Waals surface area contributed by atoms with Crippen LogP contribution in [0.3, 0.4) is 0 Å². The first-order chi connectivity index (χ1) is 12.4. The second-order valence-electron chi connectivity index (χ2n) is 5.39. The smallest absolute Gasteiger partial charge is 0.265 e. The maximum Gasteiger partial charge on any atom is 0.265 e. The van der Waals surface area contributed by atoms with Crippen molar-refractivity contribution in [3.05, 3.63) is 23.3 Å². The van der Waals surface area contributed by atoms with E-state index in [0.717, 1.165) is 0 Å². The van der Waals surface area contributed by atoms with Crippen LogP contribution in [-0.2, 0) is 9.59 Å². The van der Waals surface area contributed by atoms with Gasteiger partial charge in [-0.3, -0.25) is 19.4 Å². The molecule has 8 heteroatoms. The van der Waals surface area contributed by atoms with Crippen LogP contribution in [0.2, 0.25) is 0 Å². The van der Waals surface area contributed by atoms with Gasteiger partial charge in [-0.2, -0.15) is 0 Å². The van der Waals surface area contributed by atoms with E-state index in [1.165, 1.54) is 37.2 Å². The molecule has 1 aromatic rings. The third-order valence-corrected chi connectivity index (χ3v) is 4.52. The van der Waals surface area contributed by atoms with Crippen molar-refractivity contribution in [3.63, 3.8) is 0 Å². The molecule has 2 amide bonds. The second-order valence-corrected chi connectivity index (χ2v) is 5.75. The standard InChI is InChI=1S/C18H22N2O5S/c1-6-19-16(21)12(17(22)20(7-2)18(19)26)8-11-9-14(24-4)15(25-5)10-13(11)23-3/h8-10H,6-7H2,1-5H3. The number of nitrogens with zero attached hydrogens (tertiary/aromatic N) is 2. The first-order valence-electron chi connectivity index (χ1n) is 8.12. The molecular weight excluding hydrogens is 356 g/mol. The maximum atomic E-state index is 12.7. The zero-order valence-electron chi connectivity index (χ0n) is 15.5. The number of hydrogen-bond donors (Lipinski definition) is 0. The quantitative estimate of drug-likeness (QED) is 0.429. The molecule has 0 saturated carbocycles. The third kappa shape index (κ3) is 3.37. The minimum absolute atomic E-state index is 0.0211. The lowest BCUT2D eigenvalue weighted by Crippen LogP contribution is -2.55. The summed E-state index contributed by atoms with van der Waals surface area (Å²) in [6.07, 6.45) is 1.50. The minimum atomic E-state index is -0.427. The molecule has 1 aromatic carbocycles. The highest BCUT2D eigenvalue weighted by atomic mass is 32.1. The van der Waals surface area contributed by atoms with Crippen LogP contribution in [0, 0.1) is 0 Å². The van der Waals surface area contributed by atoms with Gasteiger partial charge in [0.15, 0.2) is 16.6 Å². The molecule has 0 bridgehead atoms. The Bertz CT molecular complexity index is 747. The number of likely N-dealkylation sites (N-methyl/N-ethyl adjacent to an activating group) is 2. The maximum absolute atomic E-state index is 12.7. The van der Waals surface area contributed by atoms with Crippen molar-refractivity contribution in [2.75, 3.05) is 34.4 Å². The van der Waals surface area contributed by atoms with Crippen LogP contribution in [0.5, 0.6) is 17.2 Å². The van der Waals surface area contributed by atoms with E-state index in [4.69, 9.17) is 26.4 Å². The van der Waals surface area contributed by atoms with Crippen molar-refractivity contribution < 1.29 is 23.8 Å². The molecule has 0 aromatic heterocycles. The summed E-state index contributed by atoms with van der Waals surface area (Å²) in [6.45, 7) is 4.37. The van der Waals surface area contributed by atoms with E-state index in [9.17, 15) is 9.59 Å². The largest absolute Gasteiger partial charge is 0.496 e.